The van der Waals surface area contributed by atoms with Crippen molar-refractivity contribution in [3.8, 4) is 0 Å². The number of allylic oxidation sites excluding steroid dienone is 6. The molecular formula is C15H10O2. The van der Waals surface area contributed by atoms with Gasteiger partial charge in [-0.25, -0.2) is 0 Å². The molecule has 0 radical (unpaired) electrons. The Kier molecular flexibility index (Phi) is 2.15. The lowest BCUT2D eigenvalue weighted by Gasteiger charge is -2.18. The van der Waals surface area contributed by atoms with Crippen LogP contribution in [0.15, 0.2) is 59.7 Å². The molecule has 2 heteroatoms. The molecular weight excluding hydrogens is 212 g/mol. The van der Waals surface area contributed by atoms with Crippen molar-refractivity contribution in [3.63, 3.8) is 0 Å². The first-order valence-corrected chi connectivity index (χ1v) is 5.55. The molecule has 2 aliphatic rings. The molecule has 0 amide bonds. The number of hydrogen-bond donors (Lipinski definition) is 0. The third-order valence-electron chi connectivity index (χ3n) is 3.05. The van der Waals surface area contributed by atoms with Crippen molar-refractivity contribution in [1.82, 2.24) is 0 Å². The highest BCUT2D eigenvalue weighted by Gasteiger charge is 2.31. The summed E-state index contributed by atoms with van der Waals surface area (Å²) in [6.45, 7) is 0. The molecule has 2 aliphatic carbocycles. The molecule has 0 atom stereocenters. The summed E-state index contributed by atoms with van der Waals surface area (Å²) in [5.74, 6) is -0.104. The number of benzene rings is 1. The van der Waals surface area contributed by atoms with Gasteiger partial charge in [-0.3, -0.25) is 9.59 Å². The predicted molar refractivity (Wildman–Crippen MR) is 65.0 cm³/mol. The van der Waals surface area contributed by atoms with Crippen molar-refractivity contribution in [3.05, 3.63) is 70.8 Å². The average molecular weight is 222 g/mol. The molecule has 0 bridgehead atoms. The van der Waals surface area contributed by atoms with Gasteiger partial charge in [-0.15, -0.1) is 0 Å². The van der Waals surface area contributed by atoms with E-state index in [1.54, 1.807) is 30.3 Å². The molecule has 0 N–H and O–H groups in total. The number of carbonyl (C=O) groups is 2. The van der Waals surface area contributed by atoms with E-state index in [2.05, 4.69) is 0 Å². The maximum atomic E-state index is 12.3. The minimum Gasteiger partial charge on any atom is -0.289 e. The number of Topliss-reactive ketones (excluding diaryl/α,β-unsaturated/α-hetero) is 2. The van der Waals surface area contributed by atoms with Gasteiger partial charge in [0.15, 0.2) is 11.6 Å². The van der Waals surface area contributed by atoms with Crippen LogP contribution in [-0.4, -0.2) is 11.6 Å². The lowest BCUT2D eigenvalue weighted by atomic mass is 9.82. The maximum absolute atomic E-state index is 12.3. The molecule has 0 saturated heterocycles. The van der Waals surface area contributed by atoms with Gasteiger partial charge in [0.25, 0.3) is 0 Å². The van der Waals surface area contributed by atoms with Crippen molar-refractivity contribution in [2.45, 2.75) is 6.42 Å². The van der Waals surface area contributed by atoms with E-state index in [0.717, 1.165) is 0 Å². The zero-order valence-corrected chi connectivity index (χ0v) is 9.14. The number of rotatable bonds is 0. The molecule has 0 aliphatic heterocycles. The highest BCUT2D eigenvalue weighted by Crippen LogP contribution is 2.30. The first kappa shape index (κ1) is 9.97. The fourth-order valence-electron chi connectivity index (χ4n) is 2.21. The average Bonchev–Trinajstić information content (AvgIpc) is 2.62. The van der Waals surface area contributed by atoms with E-state index in [1.165, 1.54) is 0 Å². The minimum absolute atomic E-state index is 0.0462. The van der Waals surface area contributed by atoms with Gasteiger partial charge in [-0.1, -0.05) is 48.6 Å². The molecule has 1 aromatic carbocycles. The Morgan fingerprint density at radius 2 is 1.53 bits per heavy atom. The van der Waals surface area contributed by atoms with Gasteiger partial charge in [0.1, 0.15) is 0 Å². The van der Waals surface area contributed by atoms with Gasteiger partial charge in [-0.2, -0.15) is 0 Å². The summed E-state index contributed by atoms with van der Waals surface area (Å²) in [7, 11) is 0. The van der Waals surface area contributed by atoms with Crippen LogP contribution in [0.3, 0.4) is 0 Å². The molecule has 0 fully saturated rings. The van der Waals surface area contributed by atoms with Gasteiger partial charge >= 0.3 is 0 Å². The Balaban J connectivity index is 2.29. The smallest absolute Gasteiger partial charge is 0.194 e. The second-order valence-corrected chi connectivity index (χ2v) is 4.07. The maximum Gasteiger partial charge on any atom is 0.194 e. The lowest BCUT2D eigenvalue weighted by molar-refractivity contribution is 0.0972. The standard InChI is InChI=1S/C15H10O2/c16-14-10-6-2-1-3-7-11(10)15(17)13-9-5-4-8-12(13)14/h1-2,4-9H,3H2. The molecule has 17 heavy (non-hydrogen) atoms. The van der Waals surface area contributed by atoms with Crippen LogP contribution >= 0.6 is 0 Å². The van der Waals surface area contributed by atoms with E-state index in [-0.39, 0.29) is 11.6 Å². The summed E-state index contributed by atoms with van der Waals surface area (Å²) in [6, 6.07) is 6.99. The Morgan fingerprint density at radius 1 is 0.882 bits per heavy atom. The Bertz CT molecular complexity index is 616. The highest BCUT2D eigenvalue weighted by molar-refractivity contribution is 6.31. The van der Waals surface area contributed by atoms with Gasteiger partial charge in [0, 0.05) is 22.3 Å². The fraction of sp³-hybridized carbons (Fsp3) is 0.0667. The topological polar surface area (TPSA) is 34.1 Å². The second kappa shape index (κ2) is 3.67. The van der Waals surface area contributed by atoms with E-state index < -0.39 is 0 Å². The monoisotopic (exact) mass is 222 g/mol. The van der Waals surface area contributed by atoms with Crippen LogP contribution < -0.4 is 0 Å². The molecule has 1 aromatic rings. The van der Waals surface area contributed by atoms with Crippen LogP contribution in [0.1, 0.15) is 27.1 Å². The summed E-state index contributed by atoms with van der Waals surface area (Å²) >= 11 is 0. The van der Waals surface area contributed by atoms with Crippen molar-refractivity contribution >= 4 is 11.6 Å². The van der Waals surface area contributed by atoms with E-state index in [0.29, 0.717) is 28.7 Å². The van der Waals surface area contributed by atoms with Gasteiger partial charge < -0.3 is 0 Å². The first-order chi connectivity index (χ1) is 8.29. The van der Waals surface area contributed by atoms with Crippen LogP contribution in [0, 0.1) is 0 Å². The largest absolute Gasteiger partial charge is 0.289 e. The normalized spacial score (nSPS) is 17.9. The molecule has 3 rings (SSSR count). The molecule has 2 nitrogen and oxygen atoms in total. The van der Waals surface area contributed by atoms with Crippen LogP contribution in [0.2, 0.25) is 0 Å². The predicted octanol–water partition coefficient (Wildman–Crippen LogP) is 2.88. The summed E-state index contributed by atoms with van der Waals surface area (Å²) in [5.41, 5.74) is 2.08. The number of fused-ring (bicyclic) bond motifs is 2. The minimum atomic E-state index is -0.0574. The first-order valence-electron chi connectivity index (χ1n) is 5.55. The van der Waals surface area contributed by atoms with Crippen molar-refractivity contribution < 1.29 is 9.59 Å². The van der Waals surface area contributed by atoms with Crippen molar-refractivity contribution in [2.75, 3.05) is 0 Å². The van der Waals surface area contributed by atoms with Gasteiger partial charge in [-0.05, 0) is 6.42 Å². The molecule has 82 valence electrons. The number of ketones is 2. The Labute approximate surface area is 99.0 Å². The zero-order chi connectivity index (χ0) is 11.8. The van der Waals surface area contributed by atoms with E-state index in [9.17, 15) is 9.59 Å². The molecule has 0 saturated carbocycles. The highest BCUT2D eigenvalue weighted by atomic mass is 16.1. The van der Waals surface area contributed by atoms with Crippen LogP contribution in [0.4, 0.5) is 0 Å². The fourth-order valence-corrected chi connectivity index (χ4v) is 2.21. The van der Waals surface area contributed by atoms with Gasteiger partial charge in [0.05, 0.1) is 0 Å². The van der Waals surface area contributed by atoms with Gasteiger partial charge in [0.2, 0.25) is 0 Å². The van der Waals surface area contributed by atoms with E-state index in [1.807, 2.05) is 18.2 Å². The Hall–Kier alpha value is -2.22. The molecule has 0 heterocycles. The van der Waals surface area contributed by atoms with E-state index >= 15 is 0 Å². The van der Waals surface area contributed by atoms with Crippen LogP contribution in [0.5, 0.6) is 0 Å². The molecule has 0 spiro atoms. The zero-order valence-electron chi connectivity index (χ0n) is 9.14. The summed E-state index contributed by atoms with van der Waals surface area (Å²) < 4.78 is 0. The summed E-state index contributed by atoms with van der Waals surface area (Å²) in [4.78, 5) is 24.5. The third kappa shape index (κ3) is 1.41. The van der Waals surface area contributed by atoms with Crippen molar-refractivity contribution in [2.24, 2.45) is 0 Å². The summed E-state index contributed by atoms with van der Waals surface area (Å²) in [5, 5.41) is 0. The third-order valence-corrected chi connectivity index (χ3v) is 3.05. The Morgan fingerprint density at radius 3 is 2.24 bits per heavy atom. The second-order valence-electron chi connectivity index (χ2n) is 4.07. The number of hydrogen-bond acceptors (Lipinski definition) is 2. The van der Waals surface area contributed by atoms with Crippen molar-refractivity contribution in [1.29, 1.82) is 0 Å². The number of carbonyl (C=O) groups excluding carboxylic acids is 2. The summed E-state index contributed by atoms with van der Waals surface area (Å²) in [6.07, 6.45) is 8.01. The SMILES string of the molecule is O=C1C2=CC=CCC=C2C(=O)c2ccccc21. The lowest BCUT2D eigenvalue weighted by Crippen LogP contribution is -2.22. The van der Waals surface area contributed by atoms with Crippen LogP contribution in [0.25, 0.3) is 0 Å². The van der Waals surface area contributed by atoms with E-state index in [4.69, 9.17) is 0 Å². The quantitative estimate of drug-likeness (QED) is 0.676. The van der Waals surface area contributed by atoms with Crippen LogP contribution in [-0.2, 0) is 0 Å². The molecule has 0 unspecified atom stereocenters. The molecule has 0 aromatic heterocycles.